The molecule has 2 aromatic carbocycles. The monoisotopic (exact) mass is 429 g/mol. The molecule has 0 aliphatic carbocycles. The van der Waals surface area contributed by atoms with E-state index in [1.165, 1.54) is 32.4 Å². The van der Waals surface area contributed by atoms with Crippen molar-refractivity contribution in [3.8, 4) is 11.5 Å². The zero-order chi connectivity index (χ0) is 21.3. The molecule has 0 saturated carbocycles. The second-order valence-corrected chi connectivity index (χ2v) is 7.10. The van der Waals surface area contributed by atoms with Gasteiger partial charge in [-0.2, -0.15) is 26.3 Å². The van der Waals surface area contributed by atoms with Crippen LogP contribution in [-0.2, 0) is 22.4 Å². The number of rotatable bonds is 5. The molecule has 0 bridgehead atoms. The molecule has 0 radical (unpaired) electrons. The quantitative estimate of drug-likeness (QED) is 0.709. The summed E-state index contributed by atoms with van der Waals surface area (Å²) >= 11 is 0. The van der Waals surface area contributed by atoms with Crippen LogP contribution in [0.4, 0.5) is 32.0 Å². The van der Waals surface area contributed by atoms with E-state index in [-0.39, 0.29) is 29.6 Å². The number of benzene rings is 2. The third-order valence-electron chi connectivity index (χ3n) is 3.52. The van der Waals surface area contributed by atoms with Gasteiger partial charge in [-0.05, 0) is 30.3 Å². The van der Waals surface area contributed by atoms with Crippen molar-refractivity contribution in [2.75, 3.05) is 18.9 Å². The lowest BCUT2D eigenvalue weighted by Crippen LogP contribution is -2.17. The van der Waals surface area contributed by atoms with Crippen LogP contribution in [0.2, 0.25) is 0 Å². The van der Waals surface area contributed by atoms with Crippen molar-refractivity contribution < 1.29 is 44.2 Å². The van der Waals surface area contributed by atoms with Crippen molar-refractivity contribution in [2.45, 2.75) is 17.2 Å². The van der Waals surface area contributed by atoms with E-state index in [1.807, 2.05) is 4.72 Å². The van der Waals surface area contributed by atoms with E-state index in [1.54, 1.807) is 0 Å². The van der Waals surface area contributed by atoms with Crippen LogP contribution in [0.1, 0.15) is 11.1 Å². The van der Waals surface area contributed by atoms with E-state index < -0.39 is 38.4 Å². The van der Waals surface area contributed by atoms with Gasteiger partial charge in [-0.3, -0.25) is 4.72 Å². The first kappa shape index (κ1) is 21.7. The number of nitrogens with one attached hydrogen (secondary N) is 1. The molecule has 0 aromatic heterocycles. The highest BCUT2D eigenvalue weighted by Gasteiger charge is 2.38. The molecule has 2 rings (SSSR count). The Hall–Kier alpha value is -2.63. The van der Waals surface area contributed by atoms with Gasteiger partial charge in [0, 0.05) is 6.07 Å². The summed E-state index contributed by atoms with van der Waals surface area (Å²) in [4.78, 5) is -1.20. The second kappa shape index (κ2) is 7.41. The van der Waals surface area contributed by atoms with Gasteiger partial charge in [0.2, 0.25) is 0 Å². The minimum absolute atomic E-state index is 0.0501. The Bertz CT molecular complexity index is 938. The van der Waals surface area contributed by atoms with Crippen LogP contribution in [0.3, 0.4) is 0 Å². The first-order valence-corrected chi connectivity index (χ1v) is 8.80. The highest BCUT2D eigenvalue weighted by Crippen LogP contribution is 2.38. The Morgan fingerprint density at radius 3 is 1.79 bits per heavy atom. The topological polar surface area (TPSA) is 64.6 Å². The van der Waals surface area contributed by atoms with Gasteiger partial charge >= 0.3 is 12.4 Å². The summed E-state index contributed by atoms with van der Waals surface area (Å²) in [7, 11) is -2.28. The third-order valence-corrected chi connectivity index (χ3v) is 4.87. The summed E-state index contributed by atoms with van der Waals surface area (Å²) in [6.45, 7) is 0. The third kappa shape index (κ3) is 4.80. The fraction of sp³-hybridized carbons (Fsp3) is 0.250. The van der Waals surface area contributed by atoms with Gasteiger partial charge in [0.1, 0.15) is 11.5 Å². The number of methoxy groups -OCH3 is 2. The molecular formula is C16H13F6NO4S. The molecule has 154 valence electrons. The van der Waals surface area contributed by atoms with Gasteiger partial charge in [-0.25, -0.2) is 8.42 Å². The van der Waals surface area contributed by atoms with Crippen molar-refractivity contribution in [3.63, 3.8) is 0 Å². The minimum Gasteiger partial charge on any atom is -0.497 e. The molecule has 0 unspecified atom stereocenters. The van der Waals surface area contributed by atoms with Gasteiger partial charge in [-0.1, -0.05) is 0 Å². The Balaban J connectivity index is 2.57. The van der Waals surface area contributed by atoms with Crippen molar-refractivity contribution in [1.29, 1.82) is 0 Å². The fourth-order valence-electron chi connectivity index (χ4n) is 2.17. The number of halogens is 6. The highest BCUT2D eigenvalue weighted by molar-refractivity contribution is 7.92. The smallest absolute Gasteiger partial charge is 0.416 e. The molecule has 0 fully saturated rings. The van der Waals surface area contributed by atoms with Gasteiger partial charge in [0.25, 0.3) is 10.0 Å². The molecule has 2 aromatic rings. The van der Waals surface area contributed by atoms with Crippen LogP contribution >= 0.6 is 0 Å². The van der Waals surface area contributed by atoms with Gasteiger partial charge < -0.3 is 9.47 Å². The molecule has 5 nitrogen and oxygen atoms in total. The van der Waals surface area contributed by atoms with Crippen LogP contribution in [0.5, 0.6) is 11.5 Å². The lowest BCUT2D eigenvalue weighted by atomic mass is 10.1. The Morgan fingerprint density at radius 1 is 0.821 bits per heavy atom. The number of hydrogen-bond acceptors (Lipinski definition) is 4. The van der Waals surface area contributed by atoms with Crippen molar-refractivity contribution in [1.82, 2.24) is 0 Å². The fourth-order valence-corrected chi connectivity index (χ4v) is 3.31. The minimum atomic E-state index is -5.18. The number of anilines is 1. The van der Waals surface area contributed by atoms with E-state index >= 15 is 0 Å². The van der Waals surface area contributed by atoms with Crippen molar-refractivity contribution >= 4 is 15.7 Å². The number of sulfonamides is 1. The average Bonchev–Trinajstić information content (AvgIpc) is 2.60. The molecule has 12 heteroatoms. The SMILES string of the molecule is COc1ccc(NS(=O)(=O)c2cc(C(F)(F)F)cc(C(F)(F)F)c2)c(OC)c1. The second-order valence-electron chi connectivity index (χ2n) is 5.41. The normalized spacial score (nSPS) is 12.6. The van der Waals surface area contributed by atoms with E-state index in [9.17, 15) is 34.8 Å². The summed E-state index contributed by atoms with van der Waals surface area (Å²) in [6, 6.07) is 3.88. The van der Waals surface area contributed by atoms with Crippen LogP contribution in [0, 0.1) is 0 Å². The lowest BCUT2D eigenvalue weighted by Gasteiger charge is -2.16. The van der Waals surface area contributed by atoms with Gasteiger partial charge in [0.15, 0.2) is 0 Å². The summed E-state index contributed by atoms with van der Waals surface area (Å²) in [6.07, 6.45) is -10.4. The van der Waals surface area contributed by atoms with Crippen molar-refractivity contribution in [3.05, 3.63) is 47.5 Å². The zero-order valence-electron chi connectivity index (χ0n) is 14.3. The number of alkyl halides is 6. The maximum absolute atomic E-state index is 12.9. The van der Waals surface area contributed by atoms with Crippen LogP contribution < -0.4 is 14.2 Å². The molecule has 0 spiro atoms. The first-order valence-electron chi connectivity index (χ1n) is 7.32. The van der Waals surface area contributed by atoms with Gasteiger partial charge in [-0.15, -0.1) is 0 Å². The summed E-state index contributed by atoms with van der Waals surface area (Å²) in [5.41, 5.74) is -3.69. The van der Waals surface area contributed by atoms with Crippen LogP contribution in [0.25, 0.3) is 0 Å². The highest BCUT2D eigenvalue weighted by atomic mass is 32.2. The van der Waals surface area contributed by atoms with Crippen molar-refractivity contribution in [2.24, 2.45) is 0 Å². The average molecular weight is 429 g/mol. The predicted octanol–water partition coefficient (Wildman–Crippen LogP) is 4.54. The molecule has 0 heterocycles. The van der Waals surface area contributed by atoms with E-state index in [2.05, 4.69) is 0 Å². The number of hydrogen-bond donors (Lipinski definition) is 1. The molecule has 0 atom stereocenters. The molecule has 0 aliphatic heterocycles. The molecule has 0 saturated heterocycles. The Labute approximate surface area is 155 Å². The van der Waals surface area contributed by atoms with E-state index in [0.717, 1.165) is 0 Å². The molecule has 28 heavy (non-hydrogen) atoms. The Morgan fingerprint density at radius 2 is 1.36 bits per heavy atom. The summed E-state index contributed by atoms with van der Waals surface area (Å²) in [5, 5.41) is 0. The first-order chi connectivity index (χ1) is 12.8. The molecule has 1 N–H and O–H groups in total. The maximum Gasteiger partial charge on any atom is 0.416 e. The summed E-state index contributed by atoms with van der Waals surface area (Å²) in [5.74, 6) is 0.240. The largest absolute Gasteiger partial charge is 0.497 e. The standard InChI is InChI=1S/C16H13F6NO4S/c1-26-11-3-4-13(14(8-11)27-2)23-28(24,25)12-6-9(15(17,18)19)5-10(7-12)16(20,21)22/h3-8,23H,1-2H3. The number of ether oxygens (including phenoxy) is 2. The lowest BCUT2D eigenvalue weighted by molar-refractivity contribution is -0.143. The van der Waals surface area contributed by atoms with Crippen LogP contribution in [0.15, 0.2) is 41.3 Å². The maximum atomic E-state index is 12.9. The molecular weight excluding hydrogens is 416 g/mol. The Kier molecular flexibility index (Phi) is 5.74. The predicted molar refractivity (Wildman–Crippen MR) is 86.8 cm³/mol. The molecule has 0 aliphatic rings. The van der Waals surface area contributed by atoms with E-state index in [4.69, 9.17) is 9.47 Å². The molecule has 0 amide bonds. The zero-order valence-corrected chi connectivity index (χ0v) is 15.1. The van der Waals surface area contributed by atoms with Crippen LogP contribution in [-0.4, -0.2) is 22.6 Å². The van der Waals surface area contributed by atoms with Gasteiger partial charge in [0.05, 0.1) is 35.9 Å². The van der Waals surface area contributed by atoms with E-state index in [0.29, 0.717) is 5.75 Å². The summed E-state index contributed by atoms with van der Waals surface area (Å²) < 4.78 is 114.